The third-order valence-electron chi connectivity index (χ3n) is 5.01. The van der Waals surface area contributed by atoms with Gasteiger partial charge < -0.3 is 10.1 Å². The van der Waals surface area contributed by atoms with Crippen molar-refractivity contribution in [1.29, 1.82) is 5.26 Å². The van der Waals surface area contributed by atoms with E-state index in [9.17, 15) is 13.2 Å². The van der Waals surface area contributed by atoms with E-state index in [1.165, 1.54) is 6.07 Å². The van der Waals surface area contributed by atoms with Crippen molar-refractivity contribution in [3.05, 3.63) is 53.6 Å². The first-order valence-corrected chi connectivity index (χ1v) is 11.4. The average molecular weight is 428 g/mol. The van der Waals surface area contributed by atoms with Crippen molar-refractivity contribution in [2.45, 2.75) is 37.5 Å². The normalized spacial score (nSPS) is 15.1. The van der Waals surface area contributed by atoms with Gasteiger partial charge in [-0.15, -0.1) is 0 Å². The molecule has 0 aromatic heterocycles. The number of amides is 1. The van der Waals surface area contributed by atoms with Crippen molar-refractivity contribution < 1.29 is 17.9 Å². The Labute approximate surface area is 177 Å². The molecule has 1 saturated heterocycles. The summed E-state index contributed by atoms with van der Waals surface area (Å²) in [4.78, 5) is 12.5. The summed E-state index contributed by atoms with van der Waals surface area (Å²) in [6, 6.07) is 13.3. The van der Waals surface area contributed by atoms with Crippen LogP contribution in [-0.4, -0.2) is 38.3 Å². The fraction of sp³-hybridized carbons (Fsp3) is 0.364. The van der Waals surface area contributed by atoms with E-state index in [4.69, 9.17) is 10.00 Å². The molecule has 0 saturated carbocycles. The van der Waals surface area contributed by atoms with Crippen molar-refractivity contribution in [2.24, 2.45) is 0 Å². The third kappa shape index (κ3) is 5.38. The Balaban J connectivity index is 1.68. The average Bonchev–Trinajstić information content (AvgIpc) is 3.04. The molecule has 2 aromatic rings. The van der Waals surface area contributed by atoms with Crippen LogP contribution in [0.25, 0.3) is 0 Å². The fourth-order valence-electron chi connectivity index (χ4n) is 3.35. The monoisotopic (exact) mass is 427 g/mol. The van der Waals surface area contributed by atoms with Crippen LogP contribution >= 0.6 is 0 Å². The first-order chi connectivity index (χ1) is 14.4. The van der Waals surface area contributed by atoms with E-state index >= 15 is 0 Å². The maximum atomic E-state index is 13.1. The number of hydrogen-bond acceptors (Lipinski definition) is 5. The van der Waals surface area contributed by atoms with Gasteiger partial charge in [-0.25, -0.2) is 8.42 Å². The second-order valence-electron chi connectivity index (χ2n) is 7.27. The molecular formula is C22H25N3O4S. The smallest absolute Gasteiger partial charge is 0.262 e. The number of nitriles is 1. The molecule has 8 heteroatoms. The quantitative estimate of drug-likeness (QED) is 0.761. The third-order valence-corrected chi connectivity index (χ3v) is 7.05. The molecule has 2 aromatic carbocycles. The van der Waals surface area contributed by atoms with Crippen LogP contribution in [0.15, 0.2) is 47.4 Å². The number of carbonyl (C=O) groups is 1. The van der Waals surface area contributed by atoms with E-state index in [2.05, 4.69) is 5.32 Å². The molecule has 0 atom stereocenters. The van der Waals surface area contributed by atoms with Gasteiger partial charge in [0.2, 0.25) is 10.0 Å². The van der Waals surface area contributed by atoms with Gasteiger partial charge in [0.1, 0.15) is 5.75 Å². The van der Waals surface area contributed by atoms with Gasteiger partial charge >= 0.3 is 0 Å². The molecule has 158 valence electrons. The molecule has 0 radical (unpaired) electrons. The lowest BCUT2D eigenvalue weighted by Crippen LogP contribution is -2.32. The van der Waals surface area contributed by atoms with Crippen LogP contribution in [0.1, 0.15) is 36.8 Å². The summed E-state index contributed by atoms with van der Waals surface area (Å²) in [5.74, 6) is 0.0684. The molecule has 0 aliphatic carbocycles. The van der Waals surface area contributed by atoms with Crippen molar-refractivity contribution in [3.8, 4) is 11.8 Å². The zero-order valence-electron chi connectivity index (χ0n) is 16.9. The fourth-order valence-corrected chi connectivity index (χ4v) is 5.12. The highest BCUT2D eigenvalue weighted by Crippen LogP contribution is 2.26. The Morgan fingerprint density at radius 3 is 2.40 bits per heavy atom. The first-order valence-electron chi connectivity index (χ1n) is 9.94. The lowest BCUT2D eigenvalue weighted by atomic mass is 10.2. The van der Waals surface area contributed by atoms with Gasteiger partial charge in [-0.05, 0) is 61.7 Å². The van der Waals surface area contributed by atoms with E-state index < -0.39 is 15.9 Å². The number of benzene rings is 2. The summed E-state index contributed by atoms with van der Waals surface area (Å²) in [6.45, 7) is 2.58. The molecule has 1 aliphatic rings. The zero-order chi connectivity index (χ0) is 21.6. The molecule has 1 N–H and O–H groups in total. The Kier molecular flexibility index (Phi) is 7.08. The summed E-state index contributed by atoms with van der Waals surface area (Å²) in [5.41, 5.74) is 1.55. The lowest BCUT2D eigenvalue weighted by Gasteiger charge is -2.21. The second kappa shape index (κ2) is 9.74. The van der Waals surface area contributed by atoms with Gasteiger partial charge in [0, 0.05) is 18.8 Å². The van der Waals surface area contributed by atoms with Crippen LogP contribution in [0.2, 0.25) is 0 Å². The van der Waals surface area contributed by atoms with Crippen molar-refractivity contribution in [2.75, 3.05) is 25.0 Å². The molecule has 0 spiro atoms. The Morgan fingerprint density at radius 1 is 1.10 bits per heavy atom. The number of aryl methyl sites for hydroxylation is 1. The molecule has 1 fully saturated rings. The second-order valence-corrected chi connectivity index (χ2v) is 9.18. The standard InChI is InChI=1S/C22H25N3O4S/c1-17-6-9-19(14-21(17)30(27,28)25-12-4-2-3-5-13-25)24-22(26)16-29-20-10-7-18(15-23)8-11-20/h6-11,14H,2-5,12-13,16H2,1H3,(H,24,26). The molecule has 1 aliphatic heterocycles. The number of carbonyl (C=O) groups excluding carboxylic acids is 1. The summed E-state index contributed by atoms with van der Waals surface area (Å²) in [7, 11) is -3.61. The predicted octanol–water partition coefficient (Wildman–Crippen LogP) is 3.45. The van der Waals surface area contributed by atoms with Gasteiger partial charge in [0.15, 0.2) is 6.61 Å². The highest BCUT2D eigenvalue weighted by atomic mass is 32.2. The molecule has 3 rings (SSSR count). The highest BCUT2D eigenvalue weighted by Gasteiger charge is 2.27. The zero-order valence-corrected chi connectivity index (χ0v) is 17.7. The maximum Gasteiger partial charge on any atom is 0.262 e. The summed E-state index contributed by atoms with van der Waals surface area (Å²) in [5, 5.41) is 11.5. The Bertz CT molecular complexity index is 1040. The predicted molar refractivity (Wildman–Crippen MR) is 114 cm³/mol. The van der Waals surface area contributed by atoms with Crippen LogP contribution in [0.5, 0.6) is 5.75 Å². The van der Waals surface area contributed by atoms with E-state index in [1.54, 1.807) is 47.6 Å². The topological polar surface area (TPSA) is 99.5 Å². The van der Waals surface area contributed by atoms with Crippen molar-refractivity contribution in [3.63, 3.8) is 0 Å². The van der Waals surface area contributed by atoms with E-state index in [-0.39, 0.29) is 11.5 Å². The van der Waals surface area contributed by atoms with E-state index in [0.29, 0.717) is 35.7 Å². The van der Waals surface area contributed by atoms with Crippen LogP contribution in [0.3, 0.4) is 0 Å². The molecule has 0 bridgehead atoms. The maximum absolute atomic E-state index is 13.1. The van der Waals surface area contributed by atoms with Gasteiger partial charge in [0.25, 0.3) is 5.91 Å². The molecule has 30 heavy (non-hydrogen) atoms. The Hall–Kier alpha value is -2.89. The van der Waals surface area contributed by atoms with E-state index in [0.717, 1.165) is 25.7 Å². The molecule has 7 nitrogen and oxygen atoms in total. The minimum atomic E-state index is -3.61. The number of rotatable bonds is 6. The van der Waals surface area contributed by atoms with Crippen LogP contribution in [-0.2, 0) is 14.8 Å². The van der Waals surface area contributed by atoms with Gasteiger partial charge in [-0.2, -0.15) is 9.57 Å². The SMILES string of the molecule is Cc1ccc(NC(=O)COc2ccc(C#N)cc2)cc1S(=O)(=O)N1CCCCCC1. The highest BCUT2D eigenvalue weighted by molar-refractivity contribution is 7.89. The van der Waals surface area contributed by atoms with Crippen molar-refractivity contribution in [1.82, 2.24) is 4.31 Å². The van der Waals surface area contributed by atoms with Gasteiger partial charge in [-0.1, -0.05) is 18.9 Å². The number of hydrogen-bond donors (Lipinski definition) is 1. The number of anilines is 1. The minimum Gasteiger partial charge on any atom is -0.484 e. The first kappa shape index (κ1) is 21.8. The lowest BCUT2D eigenvalue weighted by molar-refractivity contribution is -0.118. The summed E-state index contributed by atoms with van der Waals surface area (Å²) >= 11 is 0. The summed E-state index contributed by atoms with van der Waals surface area (Å²) < 4.78 is 33.2. The van der Waals surface area contributed by atoms with Crippen molar-refractivity contribution >= 4 is 21.6 Å². The summed E-state index contributed by atoms with van der Waals surface area (Å²) in [6.07, 6.45) is 3.81. The molecular weight excluding hydrogens is 402 g/mol. The number of nitrogens with zero attached hydrogens (tertiary/aromatic N) is 2. The van der Waals surface area contributed by atoms with Gasteiger partial charge in [-0.3, -0.25) is 4.79 Å². The van der Waals surface area contributed by atoms with Crippen LogP contribution < -0.4 is 10.1 Å². The minimum absolute atomic E-state index is 0.218. The molecule has 1 amide bonds. The number of nitrogens with one attached hydrogen (secondary N) is 1. The number of sulfonamides is 1. The number of ether oxygens (including phenoxy) is 1. The van der Waals surface area contributed by atoms with Crippen LogP contribution in [0, 0.1) is 18.3 Å². The van der Waals surface area contributed by atoms with E-state index in [1.807, 2.05) is 6.07 Å². The van der Waals surface area contributed by atoms with Gasteiger partial charge in [0.05, 0.1) is 16.5 Å². The van der Waals surface area contributed by atoms with Crippen LogP contribution in [0.4, 0.5) is 5.69 Å². The Morgan fingerprint density at radius 2 is 1.77 bits per heavy atom. The molecule has 0 unspecified atom stereocenters. The molecule has 1 heterocycles. The largest absolute Gasteiger partial charge is 0.484 e.